The molecule has 9 heteroatoms. The number of ketones is 1. The van der Waals surface area contributed by atoms with Crippen LogP contribution in [-0.2, 0) is 10.0 Å². The number of halogens is 4. The molecule has 0 aromatic heterocycles. The first-order valence-corrected chi connectivity index (χ1v) is 6.26. The van der Waals surface area contributed by atoms with Crippen LogP contribution >= 0.6 is 0 Å². The number of hydrogen-bond acceptors (Lipinski definition) is 3. The lowest BCUT2D eigenvalue weighted by Gasteiger charge is -2.16. The summed E-state index contributed by atoms with van der Waals surface area (Å²) in [6.45, 7) is 0.712. The fourth-order valence-electron chi connectivity index (χ4n) is 1.35. The molecule has 0 fully saturated rings. The van der Waals surface area contributed by atoms with E-state index >= 15 is 0 Å². The number of nitrogens with zero attached hydrogens (tertiary/aromatic N) is 1. The van der Waals surface area contributed by atoms with Crippen LogP contribution in [0.25, 0.3) is 0 Å². The van der Waals surface area contributed by atoms with E-state index in [1.807, 2.05) is 0 Å². The van der Waals surface area contributed by atoms with E-state index in [2.05, 4.69) is 0 Å². The van der Waals surface area contributed by atoms with Gasteiger partial charge in [-0.15, -0.1) is 0 Å². The molecule has 0 spiro atoms. The molecule has 0 aliphatic heterocycles. The SMILES string of the molecule is CC(=O)c1c(F)c(F)c(F)c(F)c1S(=O)(=O)N(C)C. The summed E-state index contributed by atoms with van der Waals surface area (Å²) in [6, 6.07) is 0. The average molecular weight is 299 g/mol. The predicted molar refractivity (Wildman–Crippen MR) is 57.2 cm³/mol. The van der Waals surface area contributed by atoms with Gasteiger partial charge in [0.1, 0.15) is 4.90 Å². The first kappa shape index (κ1) is 15.6. The van der Waals surface area contributed by atoms with Gasteiger partial charge in [-0.2, -0.15) is 0 Å². The van der Waals surface area contributed by atoms with Crippen molar-refractivity contribution in [2.45, 2.75) is 11.8 Å². The molecule has 0 saturated carbocycles. The van der Waals surface area contributed by atoms with Gasteiger partial charge in [-0.25, -0.2) is 30.3 Å². The fraction of sp³-hybridized carbons (Fsp3) is 0.300. The number of carbonyl (C=O) groups is 1. The number of sulfonamides is 1. The van der Waals surface area contributed by atoms with Gasteiger partial charge in [0, 0.05) is 14.1 Å². The highest BCUT2D eigenvalue weighted by Crippen LogP contribution is 2.29. The van der Waals surface area contributed by atoms with Gasteiger partial charge in [-0.05, 0) is 6.92 Å². The van der Waals surface area contributed by atoms with Gasteiger partial charge >= 0.3 is 0 Å². The van der Waals surface area contributed by atoms with Crippen molar-refractivity contribution in [3.05, 3.63) is 28.8 Å². The van der Waals surface area contributed by atoms with E-state index in [1.54, 1.807) is 0 Å². The number of carbonyl (C=O) groups excluding carboxylic acids is 1. The molecule has 0 radical (unpaired) electrons. The van der Waals surface area contributed by atoms with Crippen LogP contribution < -0.4 is 0 Å². The fourth-order valence-corrected chi connectivity index (χ4v) is 2.52. The van der Waals surface area contributed by atoms with Gasteiger partial charge in [0.25, 0.3) is 0 Å². The van der Waals surface area contributed by atoms with Crippen LogP contribution in [0.15, 0.2) is 4.90 Å². The maximum absolute atomic E-state index is 13.6. The Morgan fingerprint density at radius 3 is 1.74 bits per heavy atom. The second-order valence-corrected chi connectivity index (χ2v) is 5.89. The lowest BCUT2D eigenvalue weighted by atomic mass is 10.1. The predicted octanol–water partition coefficient (Wildman–Crippen LogP) is 1.70. The summed E-state index contributed by atoms with van der Waals surface area (Å²) >= 11 is 0. The summed E-state index contributed by atoms with van der Waals surface area (Å²) in [5.41, 5.74) is -1.34. The Balaban J connectivity index is 3.99. The highest BCUT2D eigenvalue weighted by atomic mass is 32.2. The largest absolute Gasteiger partial charge is 0.294 e. The molecule has 1 aromatic rings. The molecule has 0 aliphatic rings. The van der Waals surface area contributed by atoms with Crippen molar-refractivity contribution in [2.24, 2.45) is 0 Å². The minimum atomic E-state index is -4.65. The zero-order chi connectivity index (χ0) is 15.1. The molecular formula is C10H9F4NO3S. The first-order chi connectivity index (χ1) is 8.53. The van der Waals surface area contributed by atoms with Crippen LogP contribution in [0.4, 0.5) is 17.6 Å². The molecule has 1 aromatic carbocycles. The maximum atomic E-state index is 13.6. The summed E-state index contributed by atoms with van der Waals surface area (Å²) < 4.78 is 77.2. The molecule has 0 N–H and O–H groups in total. The second-order valence-electron chi connectivity index (χ2n) is 3.80. The Kier molecular flexibility index (Phi) is 4.01. The molecule has 19 heavy (non-hydrogen) atoms. The van der Waals surface area contributed by atoms with Crippen LogP contribution in [0.3, 0.4) is 0 Å². The lowest BCUT2D eigenvalue weighted by molar-refractivity contribution is 0.100. The number of benzene rings is 1. The number of hydrogen-bond donors (Lipinski definition) is 0. The number of rotatable bonds is 3. The maximum Gasteiger partial charge on any atom is 0.246 e. The Morgan fingerprint density at radius 1 is 0.947 bits per heavy atom. The van der Waals surface area contributed by atoms with Gasteiger partial charge in [0.15, 0.2) is 29.1 Å². The van der Waals surface area contributed by atoms with Crippen molar-refractivity contribution >= 4 is 15.8 Å². The van der Waals surface area contributed by atoms with Crippen LogP contribution in [0, 0.1) is 23.3 Å². The van der Waals surface area contributed by atoms with Gasteiger partial charge in [0.2, 0.25) is 10.0 Å². The van der Waals surface area contributed by atoms with Gasteiger partial charge in [-0.3, -0.25) is 4.79 Å². The third-order valence-corrected chi connectivity index (χ3v) is 4.18. The quantitative estimate of drug-likeness (QED) is 0.369. The summed E-state index contributed by atoms with van der Waals surface area (Å²) in [7, 11) is -2.71. The second kappa shape index (κ2) is 4.89. The lowest BCUT2D eigenvalue weighted by Crippen LogP contribution is -2.27. The van der Waals surface area contributed by atoms with Gasteiger partial charge in [0.05, 0.1) is 5.56 Å². The van der Waals surface area contributed by atoms with E-state index in [4.69, 9.17) is 0 Å². The molecule has 4 nitrogen and oxygen atoms in total. The van der Waals surface area contributed by atoms with Crippen LogP contribution in [0.1, 0.15) is 17.3 Å². The molecule has 0 aliphatic carbocycles. The van der Waals surface area contributed by atoms with Crippen LogP contribution in [-0.4, -0.2) is 32.6 Å². The molecule has 106 valence electrons. The van der Waals surface area contributed by atoms with Crippen LogP contribution in [0.2, 0.25) is 0 Å². The van der Waals surface area contributed by atoms with Crippen molar-refractivity contribution in [2.75, 3.05) is 14.1 Å². The Morgan fingerprint density at radius 2 is 1.37 bits per heavy atom. The van der Waals surface area contributed by atoms with Crippen molar-refractivity contribution in [3.63, 3.8) is 0 Å². The minimum absolute atomic E-state index is 0.453. The monoisotopic (exact) mass is 299 g/mol. The Labute approximate surface area is 106 Å². The minimum Gasteiger partial charge on any atom is -0.294 e. The zero-order valence-corrected chi connectivity index (χ0v) is 10.9. The van der Waals surface area contributed by atoms with E-state index in [0.717, 1.165) is 14.1 Å². The third kappa shape index (κ3) is 2.35. The van der Waals surface area contributed by atoms with Gasteiger partial charge in [-0.1, -0.05) is 0 Å². The van der Waals surface area contributed by atoms with Crippen molar-refractivity contribution < 1.29 is 30.8 Å². The first-order valence-electron chi connectivity index (χ1n) is 4.82. The molecule has 0 atom stereocenters. The molecule has 1 rings (SSSR count). The molecule has 0 amide bonds. The van der Waals surface area contributed by atoms with E-state index in [9.17, 15) is 30.8 Å². The Hall–Kier alpha value is -1.48. The van der Waals surface area contributed by atoms with E-state index in [-0.39, 0.29) is 0 Å². The van der Waals surface area contributed by atoms with Crippen LogP contribution in [0.5, 0.6) is 0 Å². The van der Waals surface area contributed by atoms with Gasteiger partial charge < -0.3 is 0 Å². The van der Waals surface area contributed by atoms with E-state index in [0.29, 0.717) is 11.2 Å². The molecule has 0 heterocycles. The highest BCUT2D eigenvalue weighted by molar-refractivity contribution is 7.89. The third-order valence-electron chi connectivity index (χ3n) is 2.31. The molecule has 0 bridgehead atoms. The van der Waals surface area contributed by atoms with Crippen molar-refractivity contribution in [3.8, 4) is 0 Å². The standard InChI is InChI=1S/C10H9F4NO3S/c1-4(16)5-6(11)7(12)8(13)9(14)10(5)19(17,18)15(2)3/h1-3H3. The van der Waals surface area contributed by atoms with Crippen molar-refractivity contribution in [1.82, 2.24) is 4.31 Å². The summed E-state index contributed by atoms with van der Waals surface area (Å²) in [4.78, 5) is 9.68. The molecular weight excluding hydrogens is 290 g/mol. The van der Waals surface area contributed by atoms with E-state index < -0.39 is 49.5 Å². The number of Topliss-reactive ketones (excluding diaryl/α,β-unsaturated/α-hetero) is 1. The van der Waals surface area contributed by atoms with Crippen molar-refractivity contribution in [1.29, 1.82) is 0 Å². The van der Waals surface area contributed by atoms with E-state index in [1.165, 1.54) is 0 Å². The smallest absolute Gasteiger partial charge is 0.246 e. The highest BCUT2D eigenvalue weighted by Gasteiger charge is 2.35. The summed E-state index contributed by atoms with van der Waals surface area (Å²) in [5.74, 6) is -9.93. The zero-order valence-electron chi connectivity index (χ0n) is 10.1. The molecule has 0 saturated heterocycles. The molecule has 0 unspecified atom stereocenters. The Bertz CT molecular complexity index is 655. The topological polar surface area (TPSA) is 54.5 Å². The summed E-state index contributed by atoms with van der Waals surface area (Å²) in [6.07, 6.45) is 0. The summed E-state index contributed by atoms with van der Waals surface area (Å²) in [5, 5.41) is 0. The normalized spacial score (nSPS) is 12.0. The average Bonchev–Trinajstić information content (AvgIpc) is 2.29.